The molecular formula is C37H39N9O2. The van der Waals surface area contributed by atoms with Gasteiger partial charge in [0.15, 0.2) is 11.5 Å². The number of imidazole rings is 1. The molecule has 5 aromatic rings. The summed E-state index contributed by atoms with van der Waals surface area (Å²) in [5.74, 6) is 3.61. The van der Waals surface area contributed by atoms with Crippen molar-refractivity contribution >= 4 is 33.7 Å². The minimum atomic E-state index is 0.00365. The summed E-state index contributed by atoms with van der Waals surface area (Å²) in [6.45, 7) is 3.99. The average molecular weight is 642 g/mol. The third-order valence-electron chi connectivity index (χ3n) is 11.2. The standard InChI is InChI=1S/C37H39N9O2/c1-48-32-14-26(37(47)45-21-25-8-9-30(45)34(25)39)12-28-35(32)46(20-23-10-11-43(18-23)33-17-40-16-27(15-38)41-33)36(42-28)31-13-24-4-2-3-5-29(24)44(31)19-22-6-7-22/h2-5,12-14,16-17,22-23,25,30,34H,6-11,18-21,39H2,1H3/t23-,25?,30?,34+/m0/s1. The van der Waals surface area contributed by atoms with Crippen LogP contribution in [0.1, 0.15) is 48.2 Å². The first kappa shape index (κ1) is 29.2. The van der Waals surface area contributed by atoms with Gasteiger partial charge in [0.2, 0.25) is 0 Å². The minimum Gasteiger partial charge on any atom is -0.494 e. The molecular weight excluding hydrogens is 602 g/mol. The smallest absolute Gasteiger partial charge is 0.254 e. The Morgan fingerprint density at radius 1 is 1.00 bits per heavy atom. The third kappa shape index (κ3) is 4.81. The Labute approximate surface area is 278 Å². The largest absolute Gasteiger partial charge is 0.494 e. The molecule has 0 radical (unpaired) electrons. The molecule has 4 aliphatic rings. The topological polar surface area (TPSA) is 131 Å². The van der Waals surface area contributed by atoms with Crippen molar-refractivity contribution in [3.05, 3.63) is 66.1 Å². The second-order valence-corrected chi connectivity index (χ2v) is 14.1. The van der Waals surface area contributed by atoms with Crippen LogP contribution in [0.25, 0.3) is 33.5 Å². The van der Waals surface area contributed by atoms with Crippen LogP contribution in [0.2, 0.25) is 0 Å². The number of carbonyl (C=O) groups excluding carboxylic acids is 1. The number of likely N-dealkylation sites (tertiary alicyclic amines) is 1. The van der Waals surface area contributed by atoms with E-state index in [1.54, 1.807) is 13.3 Å². The first-order valence-electron chi connectivity index (χ1n) is 17.2. The number of nitrogens with two attached hydrogens (primary N) is 1. The van der Waals surface area contributed by atoms with Crippen molar-refractivity contribution in [3.8, 4) is 23.3 Å². The van der Waals surface area contributed by atoms with Crippen LogP contribution in [-0.4, -0.2) is 73.7 Å². The van der Waals surface area contributed by atoms with Crippen molar-refractivity contribution in [2.45, 2.75) is 57.3 Å². The van der Waals surface area contributed by atoms with E-state index in [1.165, 1.54) is 29.9 Å². The molecule has 48 heavy (non-hydrogen) atoms. The third-order valence-corrected chi connectivity index (χ3v) is 11.2. The van der Waals surface area contributed by atoms with Gasteiger partial charge in [-0.25, -0.2) is 9.97 Å². The Morgan fingerprint density at radius 3 is 2.62 bits per heavy atom. The van der Waals surface area contributed by atoms with Crippen molar-refractivity contribution < 1.29 is 9.53 Å². The summed E-state index contributed by atoms with van der Waals surface area (Å²) >= 11 is 0. The van der Waals surface area contributed by atoms with E-state index in [0.717, 1.165) is 67.3 Å². The molecule has 4 atom stereocenters. The average Bonchev–Trinajstić information content (AvgIpc) is 3.43. The molecule has 2 aliphatic carbocycles. The van der Waals surface area contributed by atoms with Gasteiger partial charge in [-0.05, 0) is 74.1 Å². The molecule has 2 saturated heterocycles. The quantitative estimate of drug-likeness (QED) is 0.255. The first-order valence-corrected chi connectivity index (χ1v) is 17.2. The van der Waals surface area contributed by atoms with Crippen molar-refractivity contribution in [2.24, 2.45) is 23.5 Å². The number of para-hydroxylation sites is 1. The van der Waals surface area contributed by atoms with E-state index in [1.807, 2.05) is 17.0 Å². The van der Waals surface area contributed by atoms with E-state index in [0.29, 0.717) is 47.9 Å². The highest BCUT2D eigenvalue weighted by atomic mass is 16.5. The summed E-state index contributed by atoms with van der Waals surface area (Å²) in [4.78, 5) is 32.3. The lowest BCUT2D eigenvalue weighted by Gasteiger charge is -2.27. The maximum absolute atomic E-state index is 14.0. The van der Waals surface area contributed by atoms with E-state index in [4.69, 9.17) is 15.5 Å². The fourth-order valence-electron chi connectivity index (χ4n) is 8.49. The highest BCUT2D eigenvalue weighted by Gasteiger charge is 2.47. The van der Waals surface area contributed by atoms with Gasteiger partial charge in [0.05, 0.1) is 30.7 Å². The van der Waals surface area contributed by atoms with Crippen molar-refractivity contribution in [1.29, 1.82) is 5.26 Å². The van der Waals surface area contributed by atoms with E-state index in [2.05, 4.69) is 60.4 Å². The Morgan fingerprint density at radius 2 is 1.85 bits per heavy atom. The van der Waals surface area contributed by atoms with Gasteiger partial charge in [0, 0.05) is 61.3 Å². The molecule has 2 aromatic carbocycles. The molecule has 2 unspecified atom stereocenters. The SMILES string of the molecule is COc1cc(C(=O)N2CC3CCC2[C@@H]3N)cc2nc(-c3cc4ccccc4n3CC3CC3)n(C[C@H]3CCN(c4cncc(C#N)n4)C3)c12. The van der Waals surface area contributed by atoms with Gasteiger partial charge in [-0.1, -0.05) is 18.2 Å². The lowest BCUT2D eigenvalue weighted by atomic mass is 10.1. The Hall–Kier alpha value is -4.95. The van der Waals surface area contributed by atoms with Crippen molar-refractivity contribution in [1.82, 2.24) is 29.0 Å². The summed E-state index contributed by atoms with van der Waals surface area (Å²) in [6.07, 6.45) is 8.74. The van der Waals surface area contributed by atoms with Gasteiger partial charge in [-0.3, -0.25) is 9.78 Å². The summed E-state index contributed by atoms with van der Waals surface area (Å²) in [5.41, 5.74) is 11.4. The minimum absolute atomic E-state index is 0.00365. The van der Waals surface area contributed by atoms with Crippen molar-refractivity contribution in [2.75, 3.05) is 31.6 Å². The van der Waals surface area contributed by atoms with E-state index in [9.17, 15) is 10.1 Å². The molecule has 11 nitrogen and oxygen atoms in total. The lowest BCUT2D eigenvalue weighted by molar-refractivity contribution is 0.0700. The first-order chi connectivity index (χ1) is 23.5. The number of amides is 1. The highest BCUT2D eigenvalue weighted by molar-refractivity contribution is 6.00. The second kappa shape index (κ2) is 11.3. The maximum atomic E-state index is 14.0. The summed E-state index contributed by atoms with van der Waals surface area (Å²) in [6, 6.07) is 16.9. The number of hydrogen-bond acceptors (Lipinski definition) is 8. The normalized spacial score (nSPS) is 23.4. The van der Waals surface area contributed by atoms with Gasteiger partial charge in [-0.2, -0.15) is 5.26 Å². The van der Waals surface area contributed by atoms with Crippen LogP contribution in [-0.2, 0) is 13.1 Å². The maximum Gasteiger partial charge on any atom is 0.254 e. The Kier molecular flexibility index (Phi) is 6.90. The molecule has 0 spiro atoms. The van der Waals surface area contributed by atoms with Crippen LogP contribution in [0, 0.1) is 29.1 Å². The number of nitrogens with zero attached hydrogens (tertiary/aromatic N) is 8. The lowest BCUT2D eigenvalue weighted by Crippen LogP contribution is -2.41. The van der Waals surface area contributed by atoms with Crippen LogP contribution in [0.3, 0.4) is 0 Å². The molecule has 4 fully saturated rings. The van der Waals surface area contributed by atoms with E-state index >= 15 is 0 Å². The molecule has 1 amide bonds. The number of benzene rings is 2. The monoisotopic (exact) mass is 641 g/mol. The zero-order chi connectivity index (χ0) is 32.5. The summed E-state index contributed by atoms with van der Waals surface area (Å²) < 4.78 is 10.8. The Balaban J connectivity index is 1.15. The van der Waals surface area contributed by atoms with E-state index in [-0.39, 0.29) is 18.0 Å². The number of hydrogen-bond donors (Lipinski definition) is 1. The fraction of sp³-hybridized carbons (Fsp3) is 0.432. The van der Waals surface area contributed by atoms with Crippen molar-refractivity contribution in [3.63, 3.8) is 0 Å². The predicted molar refractivity (Wildman–Crippen MR) is 183 cm³/mol. The zero-order valence-corrected chi connectivity index (χ0v) is 27.1. The number of aromatic nitrogens is 5. The van der Waals surface area contributed by atoms with Gasteiger partial charge in [0.25, 0.3) is 5.91 Å². The molecule has 2 saturated carbocycles. The highest BCUT2D eigenvalue weighted by Crippen LogP contribution is 2.41. The number of piperidine rings is 1. The fourth-order valence-corrected chi connectivity index (χ4v) is 8.49. The second-order valence-electron chi connectivity index (χ2n) is 14.1. The summed E-state index contributed by atoms with van der Waals surface area (Å²) in [7, 11) is 1.68. The Bertz CT molecular complexity index is 2110. The van der Waals surface area contributed by atoms with Crippen LogP contribution in [0.15, 0.2) is 54.9 Å². The number of anilines is 1. The van der Waals surface area contributed by atoms with Gasteiger partial charge >= 0.3 is 0 Å². The van der Waals surface area contributed by atoms with Crippen LogP contribution in [0.4, 0.5) is 5.82 Å². The van der Waals surface area contributed by atoms with Crippen LogP contribution < -0.4 is 15.4 Å². The zero-order valence-electron chi connectivity index (χ0n) is 27.1. The van der Waals surface area contributed by atoms with Gasteiger partial charge < -0.3 is 29.4 Å². The number of rotatable bonds is 8. The predicted octanol–water partition coefficient (Wildman–Crippen LogP) is 4.83. The van der Waals surface area contributed by atoms with Gasteiger partial charge in [0.1, 0.15) is 23.2 Å². The van der Waals surface area contributed by atoms with Crippen LogP contribution >= 0.6 is 0 Å². The number of nitriles is 1. The molecule has 2 N–H and O–H groups in total. The number of methoxy groups -OCH3 is 1. The molecule has 2 bridgehead atoms. The molecule has 3 aromatic heterocycles. The van der Waals surface area contributed by atoms with Crippen LogP contribution in [0.5, 0.6) is 5.75 Å². The molecule has 2 aliphatic heterocycles. The molecule has 244 valence electrons. The van der Waals surface area contributed by atoms with E-state index < -0.39 is 0 Å². The molecule has 9 rings (SSSR count). The number of ether oxygens (including phenoxy) is 1. The molecule has 5 heterocycles. The number of fused-ring (bicyclic) bond motifs is 4. The summed E-state index contributed by atoms with van der Waals surface area (Å²) in [5, 5.41) is 10.6. The molecule has 11 heteroatoms. The number of carbonyl (C=O) groups is 1. The van der Waals surface area contributed by atoms with Gasteiger partial charge in [-0.15, -0.1) is 0 Å².